The minimum atomic E-state index is -0.855. The summed E-state index contributed by atoms with van der Waals surface area (Å²) in [5.74, 6) is -1.23. The summed E-state index contributed by atoms with van der Waals surface area (Å²) in [4.78, 5) is 25.1. The second-order valence-corrected chi connectivity index (χ2v) is 5.94. The van der Waals surface area contributed by atoms with E-state index >= 15 is 0 Å². The number of nitrogens with zero attached hydrogens (tertiary/aromatic N) is 1. The van der Waals surface area contributed by atoms with Gasteiger partial charge in [0.25, 0.3) is 0 Å². The maximum Gasteiger partial charge on any atom is 0.311 e. The average molecular weight is 305 g/mol. The lowest BCUT2D eigenvalue weighted by Gasteiger charge is -2.37. The molecule has 0 saturated carbocycles. The molecule has 2 rings (SSSR count). The number of carboxylic acids is 1. The number of likely N-dealkylation sites (tertiary alicyclic amines) is 1. The standard InChI is InChI=1S/C17H20FNO3/c1-17(16(21)22)10-3-11-19(12-17)15(20)5-2-4-13-6-8-14(18)9-7-13/h2,4,6-9H,3,5,10-12H2,1H3,(H,21,22)/b4-2+. The van der Waals surface area contributed by atoms with Crippen molar-refractivity contribution in [2.24, 2.45) is 5.41 Å². The third-order valence-electron chi connectivity index (χ3n) is 4.04. The van der Waals surface area contributed by atoms with Gasteiger partial charge < -0.3 is 10.0 Å². The Labute approximate surface area is 129 Å². The van der Waals surface area contributed by atoms with Crippen LogP contribution in [0, 0.1) is 11.2 Å². The average Bonchev–Trinajstić information content (AvgIpc) is 2.49. The quantitative estimate of drug-likeness (QED) is 0.930. The van der Waals surface area contributed by atoms with E-state index in [1.165, 1.54) is 12.1 Å². The van der Waals surface area contributed by atoms with Gasteiger partial charge in [-0.15, -0.1) is 0 Å². The molecule has 0 aromatic heterocycles. The van der Waals surface area contributed by atoms with Crippen molar-refractivity contribution in [3.63, 3.8) is 0 Å². The van der Waals surface area contributed by atoms with E-state index in [9.17, 15) is 19.1 Å². The summed E-state index contributed by atoms with van der Waals surface area (Å²) in [6.45, 7) is 2.54. The zero-order chi connectivity index (χ0) is 16.2. The summed E-state index contributed by atoms with van der Waals surface area (Å²) in [7, 11) is 0. The van der Waals surface area contributed by atoms with Crippen molar-refractivity contribution < 1.29 is 19.1 Å². The van der Waals surface area contributed by atoms with Crippen LogP contribution in [0.4, 0.5) is 4.39 Å². The lowest BCUT2D eigenvalue weighted by atomic mass is 9.82. The third kappa shape index (κ3) is 3.93. The molecule has 0 spiro atoms. The molecule has 5 heteroatoms. The van der Waals surface area contributed by atoms with Crippen molar-refractivity contribution >= 4 is 18.0 Å². The number of hydrogen-bond donors (Lipinski definition) is 1. The maximum atomic E-state index is 12.8. The Kier molecular flexibility index (Phi) is 4.96. The predicted octanol–water partition coefficient (Wildman–Crippen LogP) is 2.94. The van der Waals surface area contributed by atoms with Crippen LogP contribution >= 0.6 is 0 Å². The Morgan fingerprint density at radius 1 is 1.36 bits per heavy atom. The molecule has 1 amide bonds. The molecule has 1 N–H and O–H groups in total. The van der Waals surface area contributed by atoms with Gasteiger partial charge in [-0.25, -0.2) is 4.39 Å². The van der Waals surface area contributed by atoms with E-state index < -0.39 is 11.4 Å². The number of benzene rings is 1. The van der Waals surface area contributed by atoms with Crippen LogP contribution < -0.4 is 0 Å². The fourth-order valence-electron chi connectivity index (χ4n) is 2.63. The van der Waals surface area contributed by atoms with Gasteiger partial charge >= 0.3 is 5.97 Å². The summed E-state index contributed by atoms with van der Waals surface area (Å²) in [6.07, 6.45) is 5.00. The van der Waals surface area contributed by atoms with Crippen LogP contribution in [-0.4, -0.2) is 35.0 Å². The van der Waals surface area contributed by atoms with Gasteiger partial charge in [0.1, 0.15) is 5.82 Å². The fraction of sp³-hybridized carbons (Fsp3) is 0.412. The lowest BCUT2D eigenvalue weighted by molar-refractivity contribution is -0.153. The Morgan fingerprint density at radius 2 is 2.05 bits per heavy atom. The highest BCUT2D eigenvalue weighted by Gasteiger charge is 2.38. The first-order chi connectivity index (χ1) is 10.4. The van der Waals surface area contributed by atoms with Gasteiger partial charge in [-0.1, -0.05) is 24.3 Å². The molecule has 1 aromatic rings. The van der Waals surface area contributed by atoms with Crippen LogP contribution in [0.25, 0.3) is 6.08 Å². The highest BCUT2D eigenvalue weighted by Crippen LogP contribution is 2.29. The summed E-state index contributed by atoms with van der Waals surface area (Å²) < 4.78 is 12.8. The minimum Gasteiger partial charge on any atom is -0.481 e. The van der Waals surface area contributed by atoms with Crippen molar-refractivity contribution in [3.8, 4) is 0 Å². The second kappa shape index (κ2) is 6.73. The van der Waals surface area contributed by atoms with Crippen molar-refractivity contribution in [1.29, 1.82) is 0 Å². The lowest BCUT2D eigenvalue weighted by Crippen LogP contribution is -2.48. The van der Waals surface area contributed by atoms with Crippen molar-refractivity contribution in [3.05, 3.63) is 41.7 Å². The molecular weight excluding hydrogens is 285 g/mol. The van der Waals surface area contributed by atoms with Gasteiger partial charge in [0.05, 0.1) is 5.41 Å². The second-order valence-electron chi connectivity index (χ2n) is 5.94. The molecule has 118 valence electrons. The van der Waals surface area contributed by atoms with E-state index in [4.69, 9.17) is 0 Å². The summed E-state index contributed by atoms with van der Waals surface area (Å²) in [5.41, 5.74) is -0.0302. The number of rotatable bonds is 4. The van der Waals surface area contributed by atoms with Gasteiger partial charge in [0, 0.05) is 19.5 Å². The molecule has 1 atom stereocenters. The molecule has 1 aliphatic heterocycles. The molecule has 1 saturated heterocycles. The van der Waals surface area contributed by atoms with E-state index in [1.54, 1.807) is 36.1 Å². The molecule has 1 aliphatic rings. The first kappa shape index (κ1) is 16.2. The topological polar surface area (TPSA) is 57.6 Å². The number of aliphatic carboxylic acids is 1. The number of hydrogen-bond acceptors (Lipinski definition) is 2. The highest BCUT2D eigenvalue weighted by molar-refractivity contribution is 5.81. The fourth-order valence-corrected chi connectivity index (χ4v) is 2.63. The van der Waals surface area contributed by atoms with Crippen LogP contribution in [0.5, 0.6) is 0 Å². The van der Waals surface area contributed by atoms with E-state index in [1.807, 2.05) is 0 Å². The third-order valence-corrected chi connectivity index (χ3v) is 4.04. The van der Waals surface area contributed by atoms with Gasteiger partial charge in [-0.05, 0) is 37.5 Å². The first-order valence-electron chi connectivity index (χ1n) is 7.34. The molecule has 0 aliphatic carbocycles. The molecule has 0 bridgehead atoms. The van der Waals surface area contributed by atoms with Crippen LogP contribution in [0.15, 0.2) is 30.3 Å². The molecule has 1 heterocycles. The summed E-state index contributed by atoms with van der Waals surface area (Å²) in [6, 6.07) is 6.01. The van der Waals surface area contributed by atoms with E-state index in [0.717, 1.165) is 5.56 Å². The number of carbonyl (C=O) groups excluding carboxylic acids is 1. The largest absolute Gasteiger partial charge is 0.481 e. The number of halogens is 1. The molecule has 1 aromatic carbocycles. The normalized spacial score (nSPS) is 22.0. The number of carboxylic acid groups (broad SMARTS) is 1. The Balaban J connectivity index is 1.92. The van der Waals surface area contributed by atoms with Crippen LogP contribution in [0.2, 0.25) is 0 Å². The van der Waals surface area contributed by atoms with Gasteiger partial charge in [0.2, 0.25) is 5.91 Å². The van der Waals surface area contributed by atoms with Crippen molar-refractivity contribution in [1.82, 2.24) is 4.90 Å². The van der Waals surface area contributed by atoms with E-state index in [0.29, 0.717) is 19.4 Å². The molecule has 4 nitrogen and oxygen atoms in total. The summed E-state index contributed by atoms with van der Waals surface area (Å²) in [5, 5.41) is 9.26. The molecule has 1 fully saturated rings. The molecule has 1 unspecified atom stereocenters. The van der Waals surface area contributed by atoms with Gasteiger partial charge in [0.15, 0.2) is 0 Å². The van der Waals surface area contributed by atoms with Crippen LogP contribution in [-0.2, 0) is 9.59 Å². The maximum absolute atomic E-state index is 12.8. The van der Waals surface area contributed by atoms with E-state index in [-0.39, 0.29) is 24.7 Å². The van der Waals surface area contributed by atoms with Gasteiger partial charge in [-0.2, -0.15) is 0 Å². The Hall–Kier alpha value is -2.17. The van der Waals surface area contributed by atoms with Crippen molar-refractivity contribution in [2.75, 3.05) is 13.1 Å². The minimum absolute atomic E-state index is 0.0782. The number of piperidine rings is 1. The van der Waals surface area contributed by atoms with Crippen molar-refractivity contribution in [2.45, 2.75) is 26.2 Å². The molecule has 0 radical (unpaired) electrons. The zero-order valence-corrected chi connectivity index (χ0v) is 12.6. The Morgan fingerprint density at radius 3 is 2.68 bits per heavy atom. The predicted molar refractivity (Wildman–Crippen MR) is 81.6 cm³/mol. The van der Waals surface area contributed by atoms with E-state index in [2.05, 4.69) is 0 Å². The first-order valence-corrected chi connectivity index (χ1v) is 7.34. The van der Waals surface area contributed by atoms with Crippen LogP contribution in [0.3, 0.4) is 0 Å². The van der Waals surface area contributed by atoms with Gasteiger partial charge in [-0.3, -0.25) is 9.59 Å². The van der Waals surface area contributed by atoms with Crippen LogP contribution in [0.1, 0.15) is 31.7 Å². The molecule has 22 heavy (non-hydrogen) atoms. The monoisotopic (exact) mass is 305 g/mol. The summed E-state index contributed by atoms with van der Waals surface area (Å²) >= 11 is 0. The zero-order valence-electron chi connectivity index (χ0n) is 12.6. The molecular formula is C17H20FNO3. The SMILES string of the molecule is CC1(C(=O)O)CCCN(C(=O)C/C=C/c2ccc(F)cc2)C1. The highest BCUT2D eigenvalue weighted by atomic mass is 19.1. The number of carbonyl (C=O) groups is 2. The Bertz CT molecular complexity index is 582. The smallest absolute Gasteiger partial charge is 0.311 e. The number of amides is 1.